The Bertz CT molecular complexity index is 230. The first-order chi connectivity index (χ1) is 7.50. The molecular formula is C15H28O. The summed E-state index contributed by atoms with van der Waals surface area (Å²) in [5, 5.41) is 9.83. The number of aliphatic hydroxyl groups excluding tert-OH is 1. The third-order valence-corrected chi connectivity index (χ3v) is 3.91. The Kier molecular flexibility index (Phi) is 5.54. The van der Waals surface area contributed by atoms with Gasteiger partial charge in [0, 0.05) is 0 Å². The summed E-state index contributed by atoms with van der Waals surface area (Å²) >= 11 is 0. The maximum Gasteiger partial charge on any atom is 0.0749 e. The topological polar surface area (TPSA) is 20.2 Å². The van der Waals surface area contributed by atoms with Gasteiger partial charge in [0.15, 0.2) is 0 Å². The van der Waals surface area contributed by atoms with Crippen molar-refractivity contribution in [3.05, 3.63) is 11.6 Å². The molecule has 1 aliphatic carbocycles. The van der Waals surface area contributed by atoms with Gasteiger partial charge in [-0.15, -0.1) is 0 Å². The number of rotatable bonds is 5. The van der Waals surface area contributed by atoms with Gasteiger partial charge in [-0.3, -0.25) is 0 Å². The highest BCUT2D eigenvalue weighted by molar-refractivity contribution is 5.12. The van der Waals surface area contributed by atoms with E-state index in [2.05, 4.69) is 33.8 Å². The minimum absolute atomic E-state index is 0.198. The maximum atomic E-state index is 9.83. The van der Waals surface area contributed by atoms with Crippen molar-refractivity contribution in [2.24, 2.45) is 17.8 Å². The molecule has 1 rings (SSSR count). The van der Waals surface area contributed by atoms with Gasteiger partial charge in [-0.25, -0.2) is 0 Å². The van der Waals surface area contributed by atoms with Gasteiger partial charge in [0.25, 0.3) is 0 Å². The summed E-state index contributed by atoms with van der Waals surface area (Å²) in [6.07, 6.45) is 8.21. The van der Waals surface area contributed by atoms with Gasteiger partial charge in [0.2, 0.25) is 0 Å². The largest absolute Gasteiger partial charge is 0.389 e. The second-order valence-electron chi connectivity index (χ2n) is 5.97. The number of aliphatic hydroxyl groups is 1. The van der Waals surface area contributed by atoms with E-state index in [0.717, 1.165) is 12.3 Å². The molecule has 1 N–H and O–H groups in total. The lowest BCUT2D eigenvalue weighted by atomic mass is 9.82. The van der Waals surface area contributed by atoms with Crippen LogP contribution < -0.4 is 0 Å². The molecule has 0 radical (unpaired) electrons. The lowest BCUT2D eigenvalue weighted by Gasteiger charge is -2.27. The van der Waals surface area contributed by atoms with Gasteiger partial charge >= 0.3 is 0 Å². The third-order valence-electron chi connectivity index (χ3n) is 3.91. The van der Waals surface area contributed by atoms with Gasteiger partial charge in [-0.05, 0) is 37.0 Å². The predicted octanol–water partition coefficient (Wildman–Crippen LogP) is 4.17. The average Bonchev–Trinajstić information content (AvgIpc) is 2.21. The molecule has 16 heavy (non-hydrogen) atoms. The van der Waals surface area contributed by atoms with Crippen LogP contribution in [0.15, 0.2) is 11.6 Å². The molecule has 0 aromatic rings. The highest BCUT2D eigenvalue weighted by atomic mass is 16.3. The van der Waals surface area contributed by atoms with Crippen LogP contribution in [0.25, 0.3) is 0 Å². The predicted molar refractivity (Wildman–Crippen MR) is 70.3 cm³/mol. The van der Waals surface area contributed by atoms with E-state index in [1.54, 1.807) is 0 Å². The summed E-state index contributed by atoms with van der Waals surface area (Å²) < 4.78 is 0. The van der Waals surface area contributed by atoms with E-state index < -0.39 is 0 Å². The molecule has 1 aliphatic rings. The zero-order chi connectivity index (χ0) is 12.1. The standard InChI is InChI=1S/C15H28O/c1-11(2)6-5-7-12(3)14-9-8-13(4)15(16)10-14/h10-13,15-16H,5-9H2,1-4H3. The van der Waals surface area contributed by atoms with Crippen LogP contribution in [0.2, 0.25) is 0 Å². The molecule has 0 aliphatic heterocycles. The van der Waals surface area contributed by atoms with Crippen molar-refractivity contribution in [2.45, 2.75) is 65.9 Å². The lowest BCUT2D eigenvalue weighted by molar-refractivity contribution is 0.146. The second-order valence-corrected chi connectivity index (χ2v) is 5.97. The van der Waals surface area contributed by atoms with Crippen LogP contribution in [0.1, 0.15) is 59.8 Å². The van der Waals surface area contributed by atoms with Crippen molar-refractivity contribution >= 4 is 0 Å². The Morgan fingerprint density at radius 1 is 1.31 bits per heavy atom. The van der Waals surface area contributed by atoms with Crippen LogP contribution >= 0.6 is 0 Å². The molecule has 3 unspecified atom stereocenters. The molecule has 0 saturated carbocycles. The molecule has 0 bridgehead atoms. The fourth-order valence-electron chi connectivity index (χ4n) is 2.46. The van der Waals surface area contributed by atoms with Gasteiger partial charge in [-0.2, -0.15) is 0 Å². The van der Waals surface area contributed by atoms with Crippen molar-refractivity contribution in [1.82, 2.24) is 0 Å². The van der Waals surface area contributed by atoms with Crippen LogP contribution in [-0.2, 0) is 0 Å². The monoisotopic (exact) mass is 224 g/mol. The van der Waals surface area contributed by atoms with Crippen molar-refractivity contribution in [3.8, 4) is 0 Å². The van der Waals surface area contributed by atoms with Crippen LogP contribution in [0.5, 0.6) is 0 Å². The van der Waals surface area contributed by atoms with Crippen molar-refractivity contribution in [2.75, 3.05) is 0 Å². The Balaban J connectivity index is 2.36. The van der Waals surface area contributed by atoms with Crippen LogP contribution in [0, 0.1) is 17.8 Å². The summed E-state index contributed by atoms with van der Waals surface area (Å²) in [5.74, 6) is 1.94. The third kappa shape index (κ3) is 4.29. The summed E-state index contributed by atoms with van der Waals surface area (Å²) in [5.41, 5.74) is 1.49. The Hall–Kier alpha value is -0.300. The SMILES string of the molecule is CC(C)CCCC(C)C1=CC(O)C(C)CC1. The van der Waals surface area contributed by atoms with Crippen LogP contribution in [0.3, 0.4) is 0 Å². The highest BCUT2D eigenvalue weighted by Crippen LogP contribution is 2.30. The lowest BCUT2D eigenvalue weighted by Crippen LogP contribution is -2.21. The van der Waals surface area contributed by atoms with Gasteiger partial charge in [0.1, 0.15) is 0 Å². The van der Waals surface area contributed by atoms with Crippen LogP contribution in [0.4, 0.5) is 0 Å². The van der Waals surface area contributed by atoms with E-state index in [1.807, 2.05) is 0 Å². The fraction of sp³-hybridized carbons (Fsp3) is 0.867. The molecular weight excluding hydrogens is 196 g/mol. The molecule has 1 nitrogen and oxygen atoms in total. The molecule has 0 saturated heterocycles. The van der Waals surface area contributed by atoms with E-state index in [9.17, 15) is 5.11 Å². The first-order valence-electron chi connectivity index (χ1n) is 6.89. The minimum atomic E-state index is -0.198. The van der Waals surface area contributed by atoms with Crippen molar-refractivity contribution in [3.63, 3.8) is 0 Å². The maximum absolute atomic E-state index is 9.83. The zero-order valence-electron chi connectivity index (χ0n) is 11.4. The van der Waals surface area contributed by atoms with Gasteiger partial charge in [-0.1, -0.05) is 52.2 Å². The average molecular weight is 224 g/mol. The normalized spacial score (nSPS) is 28.0. The molecule has 0 heterocycles. The van der Waals surface area contributed by atoms with Gasteiger partial charge in [0.05, 0.1) is 6.10 Å². The molecule has 0 aromatic heterocycles. The Labute approximate surface area is 101 Å². The fourth-order valence-corrected chi connectivity index (χ4v) is 2.46. The first-order valence-corrected chi connectivity index (χ1v) is 6.89. The number of hydrogen-bond acceptors (Lipinski definition) is 1. The van der Waals surface area contributed by atoms with E-state index in [4.69, 9.17) is 0 Å². The van der Waals surface area contributed by atoms with E-state index in [-0.39, 0.29) is 6.10 Å². The van der Waals surface area contributed by atoms with Crippen LogP contribution in [-0.4, -0.2) is 11.2 Å². The smallest absolute Gasteiger partial charge is 0.0749 e. The highest BCUT2D eigenvalue weighted by Gasteiger charge is 2.21. The van der Waals surface area contributed by atoms with E-state index in [1.165, 1.54) is 31.3 Å². The quantitative estimate of drug-likeness (QED) is 0.695. The molecule has 0 aromatic carbocycles. The van der Waals surface area contributed by atoms with Crippen molar-refractivity contribution < 1.29 is 5.11 Å². The van der Waals surface area contributed by atoms with Gasteiger partial charge < -0.3 is 5.11 Å². The molecule has 0 spiro atoms. The molecule has 0 fully saturated rings. The summed E-state index contributed by atoms with van der Waals surface area (Å²) in [6.45, 7) is 9.03. The summed E-state index contributed by atoms with van der Waals surface area (Å²) in [4.78, 5) is 0. The Morgan fingerprint density at radius 3 is 2.56 bits per heavy atom. The van der Waals surface area contributed by atoms with E-state index in [0.29, 0.717) is 11.8 Å². The Morgan fingerprint density at radius 2 is 2.00 bits per heavy atom. The summed E-state index contributed by atoms with van der Waals surface area (Å²) in [7, 11) is 0. The van der Waals surface area contributed by atoms with E-state index >= 15 is 0 Å². The molecule has 94 valence electrons. The van der Waals surface area contributed by atoms with Crippen molar-refractivity contribution in [1.29, 1.82) is 0 Å². The number of hydrogen-bond donors (Lipinski definition) is 1. The first kappa shape index (κ1) is 13.8. The minimum Gasteiger partial charge on any atom is -0.389 e. The second kappa shape index (κ2) is 6.44. The zero-order valence-corrected chi connectivity index (χ0v) is 11.4. The molecule has 3 atom stereocenters. The molecule has 0 amide bonds. The summed E-state index contributed by atoms with van der Waals surface area (Å²) in [6, 6.07) is 0. The number of allylic oxidation sites excluding steroid dienone is 1. The molecule has 1 heteroatoms.